The van der Waals surface area contributed by atoms with Crippen LogP contribution in [0.15, 0.2) is 0 Å². The highest BCUT2D eigenvalue weighted by Crippen LogP contribution is 2.45. The zero-order valence-electron chi connectivity index (χ0n) is 55.1. The first-order valence-electron chi connectivity index (χ1n) is 34.3. The van der Waals surface area contributed by atoms with E-state index in [2.05, 4.69) is 48.5 Å². The summed E-state index contributed by atoms with van der Waals surface area (Å²) in [6.45, 7) is 11.7. The van der Waals surface area contributed by atoms with E-state index in [0.717, 1.165) is 102 Å². The number of carbonyl (C=O) groups is 4. The van der Waals surface area contributed by atoms with E-state index in [9.17, 15) is 43.2 Å². The van der Waals surface area contributed by atoms with E-state index in [4.69, 9.17) is 37.0 Å². The van der Waals surface area contributed by atoms with E-state index in [1.54, 1.807) is 0 Å². The predicted molar refractivity (Wildman–Crippen MR) is 340 cm³/mol. The molecule has 0 rings (SSSR count). The number of hydrogen-bond donors (Lipinski definition) is 3. The summed E-state index contributed by atoms with van der Waals surface area (Å²) >= 11 is 0. The first-order valence-corrected chi connectivity index (χ1v) is 37.3. The number of hydrogen-bond acceptors (Lipinski definition) is 15. The largest absolute Gasteiger partial charge is 0.472 e. The molecule has 0 bridgehead atoms. The summed E-state index contributed by atoms with van der Waals surface area (Å²) in [4.78, 5) is 72.3. The van der Waals surface area contributed by atoms with Crippen molar-refractivity contribution in [1.29, 1.82) is 0 Å². The molecule has 0 aromatic rings. The third-order valence-corrected chi connectivity index (χ3v) is 17.0. The van der Waals surface area contributed by atoms with Crippen molar-refractivity contribution in [2.45, 2.75) is 343 Å². The zero-order valence-corrected chi connectivity index (χ0v) is 56.9. The van der Waals surface area contributed by atoms with Crippen molar-refractivity contribution in [3.63, 3.8) is 0 Å². The van der Waals surface area contributed by atoms with Crippen molar-refractivity contribution in [2.75, 3.05) is 39.6 Å². The number of unbranched alkanes of at least 4 members (excludes halogenated alkanes) is 32. The third-order valence-electron chi connectivity index (χ3n) is 15.1. The molecule has 0 amide bonds. The van der Waals surface area contributed by atoms with Gasteiger partial charge in [0.25, 0.3) is 0 Å². The molecule has 504 valence electrons. The lowest BCUT2D eigenvalue weighted by Gasteiger charge is -2.21. The van der Waals surface area contributed by atoms with Gasteiger partial charge in [-0.15, -0.1) is 0 Å². The number of rotatable bonds is 64. The highest BCUT2D eigenvalue weighted by molar-refractivity contribution is 7.47. The van der Waals surface area contributed by atoms with Gasteiger partial charge < -0.3 is 33.8 Å². The van der Waals surface area contributed by atoms with Crippen molar-refractivity contribution >= 4 is 39.5 Å². The van der Waals surface area contributed by atoms with Crippen molar-refractivity contribution in [1.82, 2.24) is 0 Å². The summed E-state index contributed by atoms with van der Waals surface area (Å²) in [5.74, 6) is 0.0164. The first kappa shape index (κ1) is 83.1. The summed E-state index contributed by atoms with van der Waals surface area (Å²) in [7, 11) is -9.89. The fourth-order valence-electron chi connectivity index (χ4n) is 9.83. The average molecular weight is 1260 g/mol. The molecule has 3 N–H and O–H groups in total. The van der Waals surface area contributed by atoms with Crippen LogP contribution in [0.25, 0.3) is 0 Å². The minimum Gasteiger partial charge on any atom is -0.462 e. The molecule has 0 saturated carbocycles. The number of phosphoric acid groups is 2. The number of aliphatic hydroxyl groups is 1. The molecule has 0 aliphatic heterocycles. The van der Waals surface area contributed by atoms with E-state index >= 15 is 0 Å². The van der Waals surface area contributed by atoms with Crippen LogP contribution in [0, 0.1) is 17.8 Å². The van der Waals surface area contributed by atoms with E-state index in [1.165, 1.54) is 128 Å². The van der Waals surface area contributed by atoms with Crippen LogP contribution in [-0.4, -0.2) is 96.7 Å². The Hall–Kier alpha value is -1.94. The Morgan fingerprint density at radius 2 is 0.541 bits per heavy atom. The van der Waals surface area contributed by atoms with Gasteiger partial charge in [-0.25, -0.2) is 9.13 Å². The fourth-order valence-corrected chi connectivity index (χ4v) is 11.4. The lowest BCUT2D eigenvalue weighted by molar-refractivity contribution is -0.161. The molecule has 2 unspecified atom stereocenters. The molecule has 0 saturated heterocycles. The van der Waals surface area contributed by atoms with Crippen LogP contribution in [0.4, 0.5) is 0 Å². The molecule has 0 aliphatic carbocycles. The van der Waals surface area contributed by atoms with Gasteiger partial charge in [-0.2, -0.15) is 0 Å². The normalized spacial score (nSPS) is 14.3. The number of phosphoric ester groups is 2. The van der Waals surface area contributed by atoms with Gasteiger partial charge in [-0.05, 0) is 43.4 Å². The molecule has 0 aliphatic rings. The van der Waals surface area contributed by atoms with Crippen molar-refractivity contribution in [3.8, 4) is 0 Å². The Morgan fingerprint density at radius 1 is 0.318 bits per heavy atom. The molecule has 0 spiro atoms. The summed E-state index contributed by atoms with van der Waals surface area (Å²) in [6, 6.07) is 0. The quantitative estimate of drug-likeness (QED) is 0.0222. The molecule has 0 heterocycles. The van der Waals surface area contributed by atoms with Crippen LogP contribution in [0.3, 0.4) is 0 Å². The monoisotopic (exact) mass is 1250 g/mol. The van der Waals surface area contributed by atoms with Crippen molar-refractivity contribution in [2.24, 2.45) is 17.8 Å². The molecule has 19 heteroatoms. The Kier molecular flexibility index (Phi) is 55.9. The zero-order chi connectivity index (χ0) is 63.1. The van der Waals surface area contributed by atoms with Gasteiger partial charge in [-0.1, -0.05) is 273 Å². The summed E-state index contributed by atoms with van der Waals surface area (Å²) < 4.78 is 68.0. The molecule has 5 atom stereocenters. The SMILES string of the molecule is CCCCCCCCCCCCCC(=O)OC[C@H](COP(=O)(O)OC[C@@H](O)COP(=O)(O)OC[C@@H](COC(=O)CCCCCCCCC(C)C)OC(=O)CCCCCCCCCC(C)C)OC(=O)CCCCCCCCCCCCCCC(C)C. The highest BCUT2D eigenvalue weighted by Gasteiger charge is 2.30. The standard InChI is InChI=1S/C66H128O17P2/c1-8-9-10-11-12-13-16-20-25-33-40-47-63(68)76-53-61(82-65(70)49-42-35-26-21-18-15-14-17-19-23-30-37-44-57(2)3)55-80-84(72,73)78-51-60(67)52-79-85(74,75)81-56-62(54-77-64(69)48-41-34-29-28-32-39-46-59(6)7)83-66(71)50-43-36-27-22-24-31-38-45-58(4)5/h57-62,67H,8-56H2,1-7H3,(H,72,73)(H,74,75)/t60-,61-,62-/m1/s1. The smallest absolute Gasteiger partial charge is 0.462 e. The number of carbonyl (C=O) groups excluding carboxylic acids is 4. The average Bonchev–Trinajstić information content (AvgIpc) is 3.57. The topological polar surface area (TPSA) is 237 Å². The fraction of sp³-hybridized carbons (Fsp3) is 0.939. The van der Waals surface area contributed by atoms with Crippen molar-refractivity contribution in [3.05, 3.63) is 0 Å². The Labute approximate surface area is 517 Å². The minimum atomic E-state index is -4.95. The molecule has 17 nitrogen and oxygen atoms in total. The Morgan fingerprint density at radius 3 is 0.800 bits per heavy atom. The molecule has 0 radical (unpaired) electrons. The lowest BCUT2D eigenvalue weighted by atomic mass is 10.0. The molecular formula is C66H128O17P2. The maximum atomic E-state index is 13.0. The van der Waals surface area contributed by atoms with Gasteiger partial charge in [-0.3, -0.25) is 37.3 Å². The highest BCUT2D eigenvalue weighted by atomic mass is 31.2. The van der Waals surface area contributed by atoms with Gasteiger partial charge in [0.15, 0.2) is 12.2 Å². The Bertz CT molecular complexity index is 1680. The summed E-state index contributed by atoms with van der Waals surface area (Å²) in [5, 5.41) is 10.5. The second kappa shape index (κ2) is 57.2. The second-order valence-corrected chi connectivity index (χ2v) is 28.2. The van der Waals surface area contributed by atoms with E-state index < -0.39 is 97.5 Å². The second-order valence-electron chi connectivity index (χ2n) is 25.3. The van der Waals surface area contributed by atoms with Gasteiger partial charge in [0.2, 0.25) is 0 Å². The summed E-state index contributed by atoms with van der Waals surface area (Å²) in [6.07, 6.45) is 39.1. The number of aliphatic hydroxyl groups excluding tert-OH is 1. The maximum absolute atomic E-state index is 13.0. The number of ether oxygens (including phenoxy) is 4. The summed E-state index contributed by atoms with van der Waals surface area (Å²) in [5.41, 5.74) is 0. The molecule has 0 fully saturated rings. The van der Waals surface area contributed by atoms with Gasteiger partial charge in [0.1, 0.15) is 19.3 Å². The van der Waals surface area contributed by atoms with Crippen LogP contribution < -0.4 is 0 Å². The minimum absolute atomic E-state index is 0.102. The van der Waals surface area contributed by atoms with Gasteiger partial charge in [0, 0.05) is 25.7 Å². The lowest BCUT2D eigenvalue weighted by Crippen LogP contribution is -2.30. The molecule has 85 heavy (non-hydrogen) atoms. The van der Waals surface area contributed by atoms with Crippen molar-refractivity contribution < 1.29 is 80.2 Å². The van der Waals surface area contributed by atoms with Crippen LogP contribution in [0.1, 0.15) is 325 Å². The Balaban J connectivity index is 5.23. The van der Waals surface area contributed by atoms with Gasteiger partial charge >= 0.3 is 39.5 Å². The molecular weight excluding hydrogens is 1130 g/mol. The van der Waals surface area contributed by atoms with Crippen LogP contribution >= 0.6 is 15.6 Å². The van der Waals surface area contributed by atoms with Gasteiger partial charge in [0.05, 0.1) is 26.4 Å². The third kappa shape index (κ3) is 60.7. The van der Waals surface area contributed by atoms with E-state index in [1.807, 2.05) is 0 Å². The van der Waals surface area contributed by atoms with Crippen LogP contribution in [0.2, 0.25) is 0 Å². The number of esters is 4. The van der Waals surface area contributed by atoms with E-state index in [0.29, 0.717) is 37.5 Å². The first-order chi connectivity index (χ1) is 40.7. The van der Waals surface area contributed by atoms with Crippen LogP contribution in [0.5, 0.6) is 0 Å². The predicted octanol–water partition coefficient (Wildman–Crippen LogP) is 18.3. The molecule has 0 aromatic carbocycles. The maximum Gasteiger partial charge on any atom is 0.472 e. The van der Waals surface area contributed by atoms with E-state index in [-0.39, 0.29) is 25.7 Å². The van der Waals surface area contributed by atoms with Crippen LogP contribution in [-0.2, 0) is 65.4 Å². The molecule has 0 aromatic heterocycles.